The number of nitrogens with zero attached hydrogens (tertiary/aromatic N) is 1. The summed E-state index contributed by atoms with van der Waals surface area (Å²) in [5.41, 5.74) is 1.03. The second kappa shape index (κ2) is 7.89. The largest absolute Gasteiger partial charge is 0.493 e. The van der Waals surface area contributed by atoms with Crippen molar-refractivity contribution in [3.63, 3.8) is 0 Å². The predicted molar refractivity (Wildman–Crippen MR) is 110 cm³/mol. The Balaban J connectivity index is 1.34. The third kappa shape index (κ3) is 3.56. The first-order chi connectivity index (χ1) is 14.7. The fraction of sp³-hybridized carbons (Fsp3) is 0.391. The SMILES string of the molecule is O=C(Nc1ccc2c(c1)C(=O)N1CCCC[C@@H]1CCO2)[C@@H]1COc2ccccc2O1. The average Bonchev–Trinajstić information content (AvgIpc) is 2.78. The molecule has 0 unspecified atom stereocenters. The minimum Gasteiger partial charge on any atom is -0.493 e. The minimum absolute atomic E-state index is 0.0309. The van der Waals surface area contributed by atoms with Gasteiger partial charge in [0.05, 0.1) is 12.2 Å². The molecule has 5 rings (SSSR count). The number of hydrogen-bond acceptors (Lipinski definition) is 5. The van der Waals surface area contributed by atoms with Gasteiger partial charge in [-0.1, -0.05) is 12.1 Å². The zero-order valence-electron chi connectivity index (χ0n) is 16.6. The molecule has 7 heteroatoms. The molecule has 7 nitrogen and oxygen atoms in total. The van der Waals surface area contributed by atoms with Gasteiger partial charge in [-0.05, 0) is 49.6 Å². The van der Waals surface area contributed by atoms with Crippen molar-refractivity contribution in [2.75, 3.05) is 25.1 Å². The third-order valence-electron chi connectivity index (χ3n) is 5.88. The number of ether oxygens (including phenoxy) is 3. The monoisotopic (exact) mass is 408 g/mol. The lowest BCUT2D eigenvalue weighted by molar-refractivity contribution is -0.125. The Hall–Kier alpha value is -3.22. The van der Waals surface area contributed by atoms with Crippen LogP contribution in [0.15, 0.2) is 42.5 Å². The van der Waals surface area contributed by atoms with Crippen molar-refractivity contribution in [2.24, 2.45) is 0 Å². The smallest absolute Gasteiger partial charge is 0.269 e. The van der Waals surface area contributed by atoms with Gasteiger partial charge >= 0.3 is 0 Å². The second-order valence-electron chi connectivity index (χ2n) is 7.85. The quantitative estimate of drug-likeness (QED) is 0.826. The first kappa shape index (κ1) is 18.8. The summed E-state index contributed by atoms with van der Waals surface area (Å²) in [5, 5.41) is 2.85. The van der Waals surface area contributed by atoms with E-state index in [9.17, 15) is 9.59 Å². The molecule has 1 saturated heterocycles. The van der Waals surface area contributed by atoms with Crippen LogP contribution in [0.4, 0.5) is 5.69 Å². The average molecular weight is 408 g/mol. The number of carbonyl (C=O) groups excluding carboxylic acids is 2. The van der Waals surface area contributed by atoms with Crippen molar-refractivity contribution in [1.29, 1.82) is 0 Å². The van der Waals surface area contributed by atoms with Crippen LogP contribution in [-0.4, -0.2) is 48.6 Å². The third-order valence-corrected chi connectivity index (χ3v) is 5.88. The molecule has 156 valence electrons. The Labute approximate surface area is 174 Å². The molecule has 2 aromatic carbocycles. The number of hydrogen-bond donors (Lipinski definition) is 1. The standard InChI is InChI=1S/C23H24N2O5/c26-22(21-14-29-19-6-1-2-7-20(19)30-21)24-15-8-9-18-17(13-15)23(27)25-11-4-3-5-16(25)10-12-28-18/h1-2,6-9,13,16,21H,3-5,10-12,14H2,(H,24,26)/t16-,21+/m1/s1. The van der Waals surface area contributed by atoms with Gasteiger partial charge in [-0.3, -0.25) is 9.59 Å². The molecule has 0 aliphatic carbocycles. The van der Waals surface area contributed by atoms with Crippen molar-refractivity contribution in [3.8, 4) is 17.2 Å². The fourth-order valence-electron chi connectivity index (χ4n) is 4.30. The van der Waals surface area contributed by atoms with Crippen LogP contribution in [0, 0.1) is 0 Å². The molecule has 0 saturated carbocycles. The molecule has 1 N–H and O–H groups in total. The number of carbonyl (C=O) groups is 2. The van der Waals surface area contributed by atoms with Gasteiger partial charge in [0.25, 0.3) is 11.8 Å². The molecule has 1 fully saturated rings. The van der Waals surface area contributed by atoms with Gasteiger partial charge in [-0.15, -0.1) is 0 Å². The highest BCUT2D eigenvalue weighted by Crippen LogP contribution is 2.33. The Kier molecular flexibility index (Phi) is 4.94. The van der Waals surface area contributed by atoms with Crippen molar-refractivity contribution in [3.05, 3.63) is 48.0 Å². The topological polar surface area (TPSA) is 77.1 Å². The van der Waals surface area contributed by atoms with Crippen LogP contribution in [0.1, 0.15) is 36.0 Å². The summed E-state index contributed by atoms with van der Waals surface area (Å²) in [6.07, 6.45) is 3.27. The summed E-state index contributed by atoms with van der Waals surface area (Å²) in [6, 6.07) is 12.7. The van der Waals surface area contributed by atoms with Gasteiger partial charge in [-0.2, -0.15) is 0 Å². The zero-order valence-corrected chi connectivity index (χ0v) is 16.6. The molecule has 2 aromatic rings. The highest BCUT2D eigenvalue weighted by atomic mass is 16.6. The van der Waals surface area contributed by atoms with E-state index in [4.69, 9.17) is 14.2 Å². The fourth-order valence-corrected chi connectivity index (χ4v) is 4.30. The van der Waals surface area contributed by atoms with Crippen molar-refractivity contribution in [2.45, 2.75) is 37.8 Å². The van der Waals surface area contributed by atoms with E-state index in [0.29, 0.717) is 35.1 Å². The summed E-state index contributed by atoms with van der Waals surface area (Å²) in [7, 11) is 0. The van der Waals surface area contributed by atoms with Gasteiger partial charge in [-0.25, -0.2) is 0 Å². The van der Waals surface area contributed by atoms with Gasteiger partial charge in [0, 0.05) is 24.7 Å². The van der Waals surface area contributed by atoms with E-state index in [0.717, 1.165) is 32.2 Å². The molecule has 2 atom stereocenters. The Bertz CT molecular complexity index is 976. The van der Waals surface area contributed by atoms with Crippen LogP contribution >= 0.6 is 0 Å². The second-order valence-corrected chi connectivity index (χ2v) is 7.85. The maximum Gasteiger partial charge on any atom is 0.269 e. The van der Waals surface area contributed by atoms with Crippen LogP contribution in [0.5, 0.6) is 17.2 Å². The van der Waals surface area contributed by atoms with Crippen molar-refractivity contribution >= 4 is 17.5 Å². The highest BCUT2D eigenvalue weighted by Gasteiger charge is 2.32. The normalized spacial score (nSPS) is 22.7. The summed E-state index contributed by atoms with van der Waals surface area (Å²) >= 11 is 0. The summed E-state index contributed by atoms with van der Waals surface area (Å²) in [4.78, 5) is 27.9. The Morgan fingerprint density at radius 1 is 1.00 bits per heavy atom. The molecule has 3 heterocycles. The summed E-state index contributed by atoms with van der Waals surface area (Å²) < 4.78 is 17.3. The van der Waals surface area contributed by atoms with Gasteiger partial charge in [0.2, 0.25) is 6.10 Å². The van der Waals surface area contributed by atoms with Gasteiger partial charge in [0.15, 0.2) is 11.5 Å². The van der Waals surface area contributed by atoms with Gasteiger partial charge < -0.3 is 24.4 Å². The maximum absolute atomic E-state index is 13.2. The summed E-state index contributed by atoms with van der Waals surface area (Å²) in [6.45, 7) is 1.48. The van der Waals surface area contributed by atoms with Crippen LogP contribution in [0.2, 0.25) is 0 Å². The van der Waals surface area contributed by atoms with Crippen LogP contribution < -0.4 is 19.5 Å². The Morgan fingerprint density at radius 3 is 2.77 bits per heavy atom. The Morgan fingerprint density at radius 2 is 1.87 bits per heavy atom. The summed E-state index contributed by atoms with van der Waals surface area (Å²) in [5.74, 6) is 1.38. The van der Waals surface area contributed by atoms with Gasteiger partial charge in [0.1, 0.15) is 12.4 Å². The number of fused-ring (bicyclic) bond motifs is 3. The van der Waals surface area contributed by atoms with Crippen LogP contribution in [0.25, 0.3) is 0 Å². The first-order valence-electron chi connectivity index (χ1n) is 10.5. The molecule has 2 amide bonds. The van der Waals surface area contributed by atoms with E-state index in [1.807, 2.05) is 17.0 Å². The van der Waals surface area contributed by atoms with Crippen LogP contribution in [0.3, 0.4) is 0 Å². The lowest BCUT2D eigenvalue weighted by atomic mass is 9.97. The number of para-hydroxylation sites is 2. The van der Waals surface area contributed by atoms with Crippen molar-refractivity contribution in [1.82, 2.24) is 4.90 Å². The number of amides is 2. The lowest BCUT2D eigenvalue weighted by Crippen LogP contribution is -2.45. The van der Waals surface area contributed by atoms with E-state index in [1.165, 1.54) is 0 Å². The van der Waals surface area contributed by atoms with Crippen molar-refractivity contribution < 1.29 is 23.8 Å². The number of anilines is 1. The molecular weight excluding hydrogens is 384 g/mol. The number of benzene rings is 2. The van der Waals surface area contributed by atoms with Crippen LogP contribution in [-0.2, 0) is 4.79 Å². The van der Waals surface area contributed by atoms with E-state index >= 15 is 0 Å². The minimum atomic E-state index is -0.764. The van der Waals surface area contributed by atoms with E-state index < -0.39 is 6.10 Å². The molecular formula is C23H24N2O5. The van der Waals surface area contributed by atoms with E-state index in [2.05, 4.69) is 5.32 Å². The molecule has 3 aliphatic heterocycles. The molecule has 0 radical (unpaired) electrons. The van der Waals surface area contributed by atoms with E-state index in [-0.39, 0.29) is 24.5 Å². The molecule has 30 heavy (non-hydrogen) atoms. The highest BCUT2D eigenvalue weighted by molar-refractivity contribution is 6.00. The molecule has 0 spiro atoms. The molecule has 0 aromatic heterocycles. The lowest BCUT2D eigenvalue weighted by Gasteiger charge is -2.37. The zero-order chi connectivity index (χ0) is 20.5. The number of nitrogens with one attached hydrogen (secondary N) is 1. The number of rotatable bonds is 2. The predicted octanol–water partition coefficient (Wildman–Crippen LogP) is 3.24. The van der Waals surface area contributed by atoms with E-state index in [1.54, 1.807) is 30.3 Å². The molecule has 0 bridgehead atoms. The molecule has 3 aliphatic rings. The maximum atomic E-state index is 13.2. The number of piperidine rings is 1. The first-order valence-corrected chi connectivity index (χ1v) is 10.5.